The molecular weight excluding hydrogens is 390 g/mol. The van der Waals surface area contributed by atoms with Gasteiger partial charge in [-0.25, -0.2) is 0 Å². The first kappa shape index (κ1) is 18.6. The van der Waals surface area contributed by atoms with Crippen LogP contribution in [0.15, 0.2) is 53.4 Å². The van der Waals surface area contributed by atoms with Crippen molar-refractivity contribution in [2.24, 2.45) is 0 Å². The molecule has 0 N–H and O–H groups in total. The van der Waals surface area contributed by atoms with Gasteiger partial charge in [0.15, 0.2) is 4.32 Å². The van der Waals surface area contributed by atoms with E-state index in [1.165, 1.54) is 22.7 Å². The molecular formula is C18H15NO4S3. The number of amides is 1. The Bertz CT molecular complexity index is 1030. The van der Waals surface area contributed by atoms with Crippen LogP contribution in [0.1, 0.15) is 11.1 Å². The summed E-state index contributed by atoms with van der Waals surface area (Å²) in [4.78, 5) is 14.7. The predicted octanol–water partition coefficient (Wildman–Crippen LogP) is 3.74. The molecule has 1 aliphatic heterocycles. The second-order valence-electron chi connectivity index (χ2n) is 5.72. The van der Waals surface area contributed by atoms with Gasteiger partial charge in [0.25, 0.3) is 5.91 Å². The first-order valence-corrected chi connectivity index (χ1v) is 10.6. The van der Waals surface area contributed by atoms with Gasteiger partial charge in [-0.05, 0) is 48.4 Å². The van der Waals surface area contributed by atoms with Crippen LogP contribution in [0.3, 0.4) is 0 Å². The van der Waals surface area contributed by atoms with E-state index in [4.69, 9.17) is 16.4 Å². The van der Waals surface area contributed by atoms with Gasteiger partial charge >= 0.3 is 10.1 Å². The van der Waals surface area contributed by atoms with Crippen LogP contribution in [-0.4, -0.2) is 24.9 Å². The first-order valence-electron chi connectivity index (χ1n) is 7.57. The van der Waals surface area contributed by atoms with E-state index in [1.54, 1.807) is 24.3 Å². The van der Waals surface area contributed by atoms with Crippen molar-refractivity contribution >= 4 is 56.1 Å². The highest BCUT2D eigenvalue weighted by Gasteiger charge is 2.33. The minimum atomic E-state index is -3.61. The number of hydrogen-bond acceptors (Lipinski definition) is 6. The summed E-state index contributed by atoms with van der Waals surface area (Å²) in [5.41, 5.74) is 2.41. The van der Waals surface area contributed by atoms with Gasteiger partial charge in [0.1, 0.15) is 5.75 Å². The summed E-state index contributed by atoms with van der Waals surface area (Å²) in [5.74, 6) is -0.0181. The summed E-state index contributed by atoms with van der Waals surface area (Å²) in [6, 6.07) is 14.1. The average molecular weight is 406 g/mol. The van der Waals surface area contributed by atoms with Gasteiger partial charge in [-0.15, -0.1) is 0 Å². The Kier molecular flexibility index (Phi) is 5.17. The van der Waals surface area contributed by atoms with Gasteiger partial charge in [-0.1, -0.05) is 48.2 Å². The third-order valence-corrected chi connectivity index (χ3v) is 5.25. The molecule has 0 saturated carbocycles. The molecule has 8 heteroatoms. The number of rotatable bonds is 4. The Balaban J connectivity index is 1.90. The maximum Gasteiger partial charge on any atom is 0.306 e. The molecule has 1 saturated heterocycles. The predicted molar refractivity (Wildman–Crippen MR) is 109 cm³/mol. The van der Waals surface area contributed by atoms with Crippen LogP contribution in [0.5, 0.6) is 5.75 Å². The lowest BCUT2D eigenvalue weighted by Gasteiger charge is -2.14. The number of nitrogens with zero attached hydrogens (tertiary/aromatic N) is 1. The molecule has 0 aliphatic carbocycles. The molecule has 0 atom stereocenters. The maximum atomic E-state index is 12.8. The van der Waals surface area contributed by atoms with Crippen molar-refractivity contribution in [3.8, 4) is 5.75 Å². The molecule has 134 valence electrons. The van der Waals surface area contributed by atoms with Crippen molar-refractivity contribution in [2.75, 3.05) is 11.2 Å². The molecule has 0 unspecified atom stereocenters. The molecule has 1 amide bonds. The highest BCUT2D eigenvalue weighted by Crippen LogP contribution is 2.36. The van der Waals surface area contributed by atoms with Gasteiger partial charge in [-0.3, -0.25) is 9.69 Å². The molecule has 0 aromatic heterocycles. The fourth-order valence-corrected chi connectivity index (χ4v) is 4.19. The Morgan fingerprint density at radius 2 is 1.88 bits per heavy atom. The number of anilines is 1. The minimum absolute atomic E-state index is 0.190. The lowest BCUT2D eigenvalue weighted by atomic mass is 10.2. The first-order chi connectivity index (χ1) is 12.2. The van der Waals surface area contributed by atoms with E-state index in [2.05, 4.69) is 0 Å². The third-order valence-electron chi connectivity index (χ3n) is 3.46. The number of hydrogen-bond donors (Lipinski definition) is 0. The normalized spacial score (nSPS) is 16.4. The summed E-state index contributed by atoms with van der Waals surface area (Å²) >= 11 is 6.56. The van der Waals surface area contributed by atoms with Gasteiger partial charge in [0, 0.05) is 0 Å². The van der Waals surface area contributed by atoms with Gasteiger partial charge in [-0.2, -0.15) is 8.42 Å². The molecule has 3 rings (SSSR count). The van der Waals surface area contributed by atoms with Crippen LogP contribution >= 0.6 is 24.0 Å². The molecule has 1 aliphatic rings. The SMILES string of the molecule is Cc1cccc(N2C(=O)C(=Cc3cccc(OS(C)(=O)=O)c3)SC2=S)c1. The van der Waals surface area contributed by atoms with Crippen molar-refractivity contribution in [2.45, 2.75) is 6.92 Å². The Morgan fingerprint density at radius 3 is 2.58 bits per heavy atom. The number of carbonyl (C=O) groups excluding carboxylic acids is 1. The van der Waals surface area contributed by atoms with E-state index in [9.17, 15) is 13.2 Å². The molecule has 2 aromatic rings. The van der Waals surface area contributed by atoms with E-state index in [1.807, 2.05) is 31.2 Å². The average Bonchev–Trinajstić information content (AvgIpc) is 2.80. The van der Waals surface area contributed by atoms with Crippen molar-refractivity contribution in [1.82, 2.24) is 0 Å². The molecule has 0 spiro atoms. The lowest BCUT2D eigenvalue weighted by Crippen LogP contribution is -2.27. The molecule has 1 fully saturated rings. The lowest BCUT2D eigenvalue weighted by molar-refractivity contribution is -0.113. The smallest absolute Gasteiger partial charge is 0.306 e. The van der Waals surface area contributed by atoms with E-state index in [-0.39, 0.29) is 11.7 Å². The summed E-state index contributed by atoms with van der Waals surface area (Å²) in [6.07, 6.45) is 2.65. The standard InChI is InChI=1S/C18H15NO4S3/c1-12-5-3-7-14(9-12)19-17(20)16(25-18(19)24)11-13-6-4-8-15(10-13)23-26(2,21)22/h3-11H,1-2H3. The molecule has 26 heavy (non-hydrogen) atoms. The highest BCUT2D eigenvalue weighted by atomic mass is 32.2. The minimum Gasteiger partial charge on any atom is -0.383 e. The number of benzene rings is 2. The monoisotopic (exact) mass is 405 g/mol. The Hall–Kier alpha value is -2.16. The number of carbonyl (C=O) groups is 1. The van der Waals surface area contributed by atoms with Crippen LogP contribution in [0.4, 0.5) is 5.69 Å². The Labute approximate surface area is 161 Å². The van der Waals surface area contributed by atoms with Gasteiger partial charge in [0.05, 0.1) is 16.8 Å². The summed E-state index contributed by atoms with van der Waals surface area (Å²) < 4.78 is 27.8. The van der Waals surface area contributed by atoms with Crippen LogP contribution in [0.2, 0.25) is 0 Å². The third kappa shape index (κ3) is 4.32. The maximum absolute atomic E-state index is 12.8. The summed E-state index contributed by atoms with van der Waals surface area (Å²) in [5, 5.41) is 0. The second kappa shape index (κ2) is 7.22. The summed E-state index contributed by atoms with van der Waals surface area (Å²) in [7, 11) is -3.61. The molecule has 5 nitrogen and oxygen atoms in total. The van der Waals surface area contributed by atoms with Crippen molar-refractivity contribution in [3.63, 3.8) is 0 Å². The van der Waals surface area contributed by atoms with Crippen LogP contribution in [0, 0.1) is 6.92 Å². The highest BCUT2D eigenvalue weighted by molar-refractivity contribution is 8.27. The van der Waals surface area contributed by atoms with E-state index < -0.39 is 10.1 Å². The van der Waals surface area contributed by atoms with Crippen LogP contribution in [0.25, 0.3) is 6.08 Å². The van der Waals surface area contributed by atoms with Gasteiger partial charge < -0.3 is 4.18 Å². The largest absolute Gasteiger partial charge is 0.383 e. The van der Waals surface area contributed by atoms with E-state index in [0.29, 0.717) is 14.8 Å². The van der Waals surface area contributed by atoms with Crippen molar-refractivity contribution < 1.29 is 17.4 Å². The van der Waals surface area contributed by atoms with Crippen LogP contribution in [-0.2, 0) is 14.9 Å². The fraction of sp³-hybridized carbons (Fsp3) is 0.111. The van der Waals surface area contributed by atoms with Crippen LogP contribution < -0.4 is 9.08 Å². The molecule has 1 heterocycles. The zero-order chi connectivity index (χ0) is 18.9. The quantitative estimate of drug-likeness (QED) is 0.439. The Morgan fingerprint density at radius 1 is 1.15 bits per heavy atom. The second-order valence-corrected chi connectivity index (χ2v) is 8.97. The summed E-state index contributed by atoms with van der Waals surface area (Å²) in [6.45, 7) is 1.95. The van der Waals surface area contributed by atoms with Crippen molar-refractivity contribution in [3.05, 3.63) is 64.6 Å². The fourth-order valence-electron chi connectivity index (χ4n) is 2.44. The van der Waals surface area contributed by atoms with E-state index in [0.717, 1.165) is 17.5 Å². The molecule has 0 bridgehead atoms. The number of aryl methyl sites for hydroxylation is 1. The molecule has 0 radical (unpaired) electrons. The topological polar surface area (TPSA) is 63.7 Å². The number of thiocarbonyl (C=S) groups is 1. The molecule has 2 aromatic carbocycles. The number of thioether (sulfide) groups is 1. The zero-order valence-electron chi connectivity index (χ0n) is 14.0. The van der Waals surface area contributed by atoms with E-state index >= 15 is 0 Å². The van der Waals surface area contributed by atoms with Gasteiger partial charge in [0.2, 0.25) is 0 Å². The zero-order valence-corrected chi connectivity index (χ0v) is 16.5. The van der Waals surface area contributed by atoms with Crippen molar-refractivity contribution in [1.29, 1.82) is 0 Å².